The maximum Gasteiger partial charge on any atom is 0.326 e. The van der Waals surface area contributed by atoms with E-state index < -0.39 is 12.0 Å². The van der Waals surface area contributed by atoms with Gasteiger partial charge in [0.25, 0.3) is 0 Å². The quantitative estimate of drug-likeness (QED) is 0.594. The highest BCUT2D eigenvalue weighted by Gasteiger charge is 2.19. The molecule has 0 aromatic heterocycles. The van der Waals surface area contributed by atoms with Crippen molar-refractivity contribution in [2.45, 2.75) is 38.1 Å². The van der Waals surface area contributed by atoms with Crippen LogP contribution in [0.5, 0.6) is 0 Å². The van der Waals surface area contributed by atoms with Gasteiger partial charge in [0, 0.05) is 12.8 Å². The van der Waals surface area contributed by atoms with Gasteiger partial charge in [-0.05, 0) is 24.9 Å². The van der Waals surface area contributed by atoms with Gasteiger partial charge < -0.3 is 16.2 Å². The molecule has 1 amide bonds. The van der Waals surface area contributed by atoms with E-state index in [1.54, 1.807) is 0 Å². The van der Waals surface area contributed by atoms with Crippen LogP contribution in [0.3, 0.4) is 0 Å². The van der Waals surface area contributed by atoms with Crippen LogP contribution in [0.25, 0.3) is 0 Å². The summed E-state index contributed by atoms with van der Waals surface area (Å²) in [5, 5.41) is 11.7. The number of amides is 1. The van der Waals surface area contributed by atoms with Gasteiger partial charge in [-0.1, -0.05) is 36.8 Å². The van der Waals surface area contributed by atoms with Crippen LogP contribution in [-0.4, -0.2) is 29.6 Å². The van der Waals surface area contributed by atoms with Gasteiger partial charge >= 0.3 is 5.97 Å². The highest BCUT2D eigenvalue weighted by Crippen LogP contribution is 2.05. The molecule has 0 saturated heterocycles. The monoisotopic (exact) mass is 278 g/mol. The van der Waals surface area contributed by atoms with Crippen molar-refractivity contribution in [2.24, 2.45) is 5.73 Å². The zero-order valence-electron chi connectivity index (χ0n) is 11.5. The third-order valence-corrected chi connectivity index (χ3v) is 3.02. The van der Waals surface area contributed by atoms with Crippen LogP contribution in [0.1, 0.15) is 31.2 Å². The van der Waals surface area contributed by atoms with Crippen LogP contribution in [0.15, 0.2) is 30.3 Å². The second-order valence-corrected chi connectivity index (χ2v) is 4.75. The summed E-state index contributed by atoms with van der Waals surface area (Å²) in [7, 11) is 0. The number of carbonyl (C=O) groups is 2. The van der Waals surface area contributed by atoms with Crippen molar-refractivity contribution in [3.05, 3.63) is 35.9 Å². The molecule has 0 bridgehead atoms. The van der Waals surface area contributed by atoms with E-state index >= 15 is 0 Å². The van der Waals surface area contributed by atoms with E-state index in [1.807, 2.05) is 30.3 Å². The minimum atomic E-state index is -1.01. The molecule has 1 atom stereocenters. The lowest BCUT2D eigenvalue weighted by atomic mass is 10.1. The van der Waals surface area contributed by atoms with Gasteiger partial charge in [0.1, 0.15) is 6.04 Å². The largest absolute Gasteiger partial charge is 0.480 e. The number of hydrogen-bond donors (Lipinski definition) is 3. The molecule has 110 valence electrons. The molecule has 0 fully saturated rings. The first-order valence-electron chi connectivity index (χ1n) is 6.89. The Morgan fingerprint density at radius 3 is 2.45 bits per heavy atom. The third kappa shape index (κ3) is 6.33. The van der Waals surface area contributed by atoms with Crippen molar-refractivity contribution in [3.63, 3.8) is 0 Å². The first-order valence-corrected chi connectivity index (χ1v) is 6.89. The number of carboxylic acids is 1. The van der Waals surface area contributed by atoms with E-state index in [1.165, 1.54) is 0 Å². The summed E-state index contributed by atoms with van der Waals surface area (Å²) in [5.74, 6) is -1.23. The Labute approximate surface area is 119 Å². The lowest BCUT2D eigenvalue weighted by Gasteiger charge is -2.14. The van der Waals surface area contributed by atoms with E-state index in [0.29, 0.717) is 19.4 Å². The molecule has 0 aliphatic heterocycles. The fraction of sp³-hybridized carbons (Fsp3) is 0.467. The number of nitrogens with one attached hydrogen (secondary N) is 1. The van der Waals surface area contributed by atoms with Crippen molar-refractivity contribution in [3.8, 4) is 0 Å². The molecule has 0 radical (unpaired) electrons. The predicted molar refractivity (Wildman–Crippen MR) is 77.2 cm³/mol. The average molecular weight is 278 g/mol. The fourth-order valence-electron chi connectivity index (χ4n) is 1.92. The SMILES string of the molecule is NCCCCCC(=O)N[C@H](Cc1ccccc1)C(=O)O. The molecule has 1 aromatic carbocycles. The van der Waals surface area contributed by atoms with Crippen LogP contribution < -0.4 is 11.1 Å². The van der Waals surface area contributed by atoms with Gasteiger partial charge in [-0.15, -0.1) is 0 Å². The maximum atomic E-state index is 11.7. The summed E-state index contributed by atoms with van der Waals surface area (Å²) in [6.07, 6.45) is 3.16. The van der Waals surface area contributed by atoms with Gasteiger partial charge in [-0.3, -0.25) is 4.79 Å². The number of carboxylic acid groups (broad SMARTS) is 1. The lowest BCUT2D eigenvalue weighted by molar-refractivity contribution is -0.141. The highest BCUT2D eigenvalue weighted by atomic mass is 16.4. The van der Waals surface area contributed by atoms with Crippen molar-refractivity contribution in [2.75, 3.05) is 6.54 Å². The predicted octanol–water partition coefficient (Wildman–Crippen LogP) is 1.32. The molecule has 4 N–H and O–H groups in total. The molecule has 5 nitrogen and oxygen atoms in total. The summed E-state index contributed by atoms with van der Waals surface area (Å²) >= 11 is 0. The molecular formula is C15H22N2O3. The van der Waals surface area contributed by atoms with Crippen molar-refractivity contribution >= 4 is 11.9 Å². The number of rotatable bonds is 9. The zero-order chi connectivity index (χ0) is 14.8. The van der Waals surface area contributed by atoms with Gasteiger partial charge in [0.15, 0.2) is 0 Å². The molecule has 0 aliphatic carbocycles. The molecule has 20 heavy (non-hydrogen) atoms. The summed E-state index contributed by atoms with van der Waals surface area (Å²) in [4.78, 5) is 22.9. The molecule has 1 aromatic rings. The van der Waals surface area contributed by atoms with Crippen LogP contribution in [0.4, 0.5) is 0 Å². The second-order valence-electron chi connectivity index (χ2n) is 4.75. The molecule has 0 heterocycles. The topological polar surface area (TPSA) is 92.4 Å². The second kappa shape index (κ2) is 9.09. The minimum absolute atomic E-state index is 0.217. The molecule has 0 aliphatic rings. The highest BCUT2D eigenvalue weighted by molar-refractivity contribution is 5.83. The number of hydrogen-bond acceptors (Lipinski definition) is 3. The summed E-state index contributed by atoms with van der Waals surface area (Å²) in [5.41, 5.74) is 6.27. The van der Waals surface area contributed by atoms with Crippen LogP contribution >= 0.6 is 0 Å². The zero-order valence-corrected chi connectivity index (χ0v) is 11.5. The van der Waals surface area contributed by atoms with E-state index in [4.69, 9.17) is 10.8 Å². The molecule has 0 saturated carbocycles. The Balaban J connectivity index is 2.43. The normalized spacial score (nSPS) is 11.8. The summed E-state index contributed by atoms with van der Waals surface area (Å²) in [6, 6.07) is 8.40. The number of unbranched alkanes of at least 4 members (excludes halogenated alkanes) is 2. The van der Waals surface area contributed by atoms with Crippen molar-refractivity contribution < 1.29 is 14.7 Å². The van der Waals surface area contributed by atoms with E-state index in [-0.39, 0.29) is 5.91 Å². The van der Waals surface area contributed by atoms with Crippen LogP contribution in [-0.2, 0) is 16.0 Å². The van der Waals surface area contributed by atoms with Crippen LogP contribution in [0, 0.1) is 0 Å². The average Bonchev–Trinajstić information content (AvgIpc) is 2.44. The molecule has 0 spiro atoms. The fourth-order valence-corrected chi connectivity index (χ4v) is 1.92. The van der Waals surface area contributed by atoms with Gasteiger partial charge in [0.2, 0.25) is 5.91 Å². The maximum absolute atomic E-state index is 11.7. The Morgan fingerprint density at radius 2 is 1.85 bits per heavy atom. The first kappa shape index (κ1) is 16.2. The standard InChI is InChI=1S/C15H22N2O3/c16-10-6-2-5-9-14(18)17-13(15(19)20)11-12-7-3-1-4-8-12/h1,3-4,7-8,13H,2,5-6,9-11,16H2,(H,17,18)(H,19,20)/t13-/m1/s1. The van der Waals surface area contributed by atoms with Crippen LogP contribution in [0.2, 0.25) is 0 Å². The van der Waals surface area contributed by atoms with Gasteiger partial charge in [-0.2, -0.15) is 0 Å². The van der Waals surface area contributed by atoms with Crippen molar-refractivity contribution in [1.29, 1.82) is 0 Å². The lowest BCUT2D eigenvalue weighted by Crippen LogP contribution is -2.42. The summed E-state index contributed by atoms with van der Waals surface area (Å²) < 4.78 is 0. The third-order valence-electron chi connectivity index (χ3n) is 3.02. The number of carbonyl (C=O) groups excluding carboxylic acids is 1. The van der Waals surface area contributed by atoms with E-state index in [2.05, 4.69) is 5.32 Å². The molecular weight excluding hydrogens is 256 g/mol. The minimum Gasteiger partial charge on any atom is -0.480 e. The first-order chi connectivity index (χ1) is 9.63. The molecule has 0 unspecified atom stereocenters. The Hall–Kier alpha value is -1.88. The van der Waals surface area contributed by atoms with Gasteiger partial charge in [0.05, 0.1) is 0 Å². The number of aliphatic carboxylic acids is 1. The Kier molecular flexibility index (Phi) is 7.35. The summed E-state index contributed by atoms with van der Waals surface area (Å²) in [6.45, 7) is 0.618. The smallest absolute Gasteiger partial charge is 0.326 e. The van der Waals surface area contributed by atoms with Crippen molar-refractivity contribution in [1.82, 2.24) is 5.32 Å². The Morgan fingerprint density at radius 1 is 1.15 bits per heavy atom. The molecule has 5 heteroatoms. The van der Waals surface area contributed by atoms with Gasteiger partial charge in [-0.25, -0.2) is 4.79 Å². The van der Waals surface area contributed by atoms with E-state index in [9.17, 15) is 9.59 Å². The molecule has 1 rings (SSSR count). The number of benzene rings is 1. The number of nitrogens with two attached hydrogens (primary N) is 1. The Bertz CT molecular complexity index is 420. The van der Waals surface area contributed by atoms with E-state index in [0.717, 1.165) is 24.8 Å².